The second-order valence-corrected chi connectivity index (χ2v) is 5.76. The van der Waals surface area contributed by atoms with Crippen LogP contribution < -0.4 is 5.32 Å². The van der Waals surface area contributed by atoms with Gasteiger partial charge < -0.3 is 10.1 Å². The van der Waals surface area contributed by atoms with Crippen molar-refractivity contribution in [2.24, 2.45) is 5.92 Å². The lowest BCUT2D eigenvalue weighted by atomic mass is 9.96. The zero-order chi connectivity index (χ0) is 18.2. The minimum atomic E-state index is -1.37. The summed E-state index contributed by atoms with van der Waals surface area (Å²) in [4.78, 5) is 24.8. The smallest absolute Gasteiger partial charge is 0.245 e. The van der Waals surface area contributed by atoms with E-state index in [1.807, 2.05) is 37.3 Å². The van der Waals surface area contributed by atoms with Gasteiger partial charge in [-0.1, -0.05) is 48.0 Å². The van der Waals surface area contributed by atoms with Gasteiger partial charge in [0.2, 0.25) is 5.91 Å². The Kier molecular flexibility index (Phi) is 6.44. The van der Waals surface area contributed by atoms with Crippen LogP contribution in [-0.2, 0) is 22.7 Å². The molecule has 0 aliphatic carbocycles. The summed E-state index contributed by atoms with van der Waals surface area (Å²) in [7, 11) is 1.56. The molecule has 1 unspecified atom stereocenters. The van der Waals surface area contributed by atoms with Crippen molar-refractivity contribution in [3.8, 4) is 6.07 Å². The van der Waals surface area contributed by atoms with Crippen LogP contribution in [0.4, 0.5) is 0 Å². The van der Waals surface area contributed by atoms with Gasteiger partial charge in [0.1, 0.15) is 0 Å². The van der Waals surface area contributed by atoms with Gasteiger partial charge in [-0.05, 0) is 24.1 Å². The number of nitriles is 1. The van der Waals surface area contributed by atoms with E-state index in [2.05, 4.69) is 5.32 Å². The Balaban J connectivity index is 2.06. The number of ether oxygens (including phenoxy) is 1. The van der Waals surface area contributed by atoms with Crippen LogP contribution in [0.3, 0.4) is 0 Å². The van der Waals surface area contributed by atoms with E-state index >= 15 is 0 Å². The Bertz CT molecular complexity index is 791. The number of rotatable bonds is 7. The van der Waals surface area contributed by atoms with E-state index in [9.17, 15) is 14.9 Å². The molecule has 25 heavy (non-hydrogen) atoms. The lowest BCUT2D eigenvalue weighted by Crippen LogP contribution is -2.34. The van der Waals surface area contributed by atoms with Gasteiger partial charge in [-0.3, -0.25) is 9.59 Å². The molecule has 0 spiro atoms. The fraction of sp³-hybridized carbons (Fsp3) is 0.250. The number of carbonyl (C=O) groups is 2. The van der Waals surface area contributed by atoms with Crippen LogP contribution in [0.15, 0.2) is 48.5 Å². The molecule has 0 radical (unpaired) electrons. The highest BCUT2D eigenvalue weighted by Crippen LogP contribution is 2.13. The van der Waals surface area contributed by atoms with E-state index in [1.165, 1.54) is 0 Å². The second-order valence-electron chi connectivity index (χ2n) is 5.76. The SMILES string of the molecule is COCc1cccc(C(=O)C(C#N)C(=O)NCc2ccc(C)cc2)c1. The first-order valence-electron chi connectivity index (χ1n) is 7.90. The molecule has 5 nitrogen and oxygen atoms in total. The Hall–Kier alpha value is -2.97. The van der Waals surface area contributed by atoms with Crippen LogP contribution in [-0.4, -0.2) is 18.8 Å². The number of methoxy groups -OCH3 is 1. The number of hydrogen-bond donors (Lipinski definition) is 1. The predicted molar refractivity (Wildman–Crippen MR) is 93.6 cm³/mol. The van der Waals surface area contributed by atoms with Crippen LogP contribution in [0.1, 0.15) is 27.0 Å². The third-order valence-corrected chi connectivity index (χ3v) is 3.76. The maximum atomic E-state index is 12.5. The quantitative estimate of drug-likeness (QED) is 0.623. The van der Waals surface area contributed by atoms with Crippen LogP contribution in [0.25, 0.3) is 0 Å². The van der Waals surface area contributed by atoms with E-state index in [1.54, 1.807) is 31.4 Å². The third-order valence-electron chi connectivity index (χ3n) is 3.76. The van der Waals surface area contributed by atoms with Gasteiger partial charge in [0.25, 0.3) is 0 Å². The normalized spacial score (nSPS) is 11.4. The lowest BCUT2D eigenvalue weighted by molar-refractivity contribution is -0.122. The van der Waals surface area contributed by atoms with Gasteiger partial charge in [0.15, 0.2) is 11.7 Å². The van der Waals surface area contributed by atoms with Gasteiger partial charge in [0, 0.05) is 19.2 Å². The molecule has 0 saturated heterocycles. The molecular formula is C20H20N2O3. The molecule has 2 rings (SSSR count). The summed E-state index contributed by atoms with van der Waals surface area (Å²) in [5.74, 6) is -2.48. The van der Waals surface area contributed by atoms with E-state index in [4.69, 9.17) is 4.74 Å². The van der Waals surface area contributed by atoms with Crippen molar-refractivity contribution in [3.05, 3.63) is 70.8 Å². The summed E-state index contributed by atoms with van der Waals surface area (Å²) in [6.45, 7) is 2.61. The van der Waals surface area contributed by atoms with Crippen molar-refractivity contribution >= 4 is 11.7 Å². The van der Waals surface area contributed by atoms with Crippen molar-refractivity contribution in [1.82, 2.24) is 5.32 Å². The first kappa shape index (κ1) is 18.4. The van der Waals surface area contributed by atoms with Crippen LogP contribution in [0.5, 0.6) is 0 Å². The average molecular weight is 336 g/mol. The van der Waals surface area contributed by atoms with Gasteiger partial charge in [0.05, 0.1) is 12.7 Å². The predicted octanol–water partition coefficient (Wildman–Crippen LogP) is 2.78. The van der Waals surface area contributed by atoms with Crippen molar-refractivity contribution in [2.75, 3.05) is 7.11 Å². The second kappa shape index (κ2) is 8.76. The summed E-state index contributed by atoms with van der Waals surface area (Å²) in [6.07, 6.45) is 0. The zero-order valence-corrected chi connectivity index (χ0v) is 14.3. The number of hydrogen-bond acceptors (Lipinski definition) is 4. The van der Waals surface area contributed by atoms with Gasteiger partial charge >= 0.3 is 0 Å². The summed E-state index contributed by atoms with van der Waals surface area (Å²) >= 11 is 0. The molecule has 0 aliphatic rings. The van der Waals surface area contributed by atoms with E-state index in [-0.39, 0.29) is 6.54 Å². The van der Waals surface area contributed by atoms with Gasteiger partial charge in [-0.25, -0.2) is 0 Å². The standard InChI is InChI=1S/C20H20N2O3/c1-14-6-8-15(9-7-14)12-22-20(24)18(11-21)19(23)17-5-3-4-16(10-17)13-25-2/h3-10,18H,12-13H2,1-2H3,(H,22,24). The molecule has 128 valence electrons. The first-order valence-corrected chi connectivity index (χ1v) is 7.90. The maximum absolute atomic E-state index is 12.5. The number of amides is 1. The molecule has 5 heteroatoms. The largest absolute Gasteiger partial charge is 0.380 e. The summed E-state index contributed by atoms with van der Waals surface area (Å²) < 4.78 is 5.04. The summed E-state index contributed by atoms with van der Waals surface area (Å²) in [5.41, 5.74) is 3.16. The van der Waals surface area contributed by atoms with Crippen molar-refractivity contribution in [3.63, 3.8) is 0 Å². The number of aryl methyl sites for hydroxylation is 1. The summed E-state index contributed by atoms with van der Waals surface area (Å²) in [6, 6.07) is 16.2. The average Bonchev–Trinajstić information content (AvgIpc) is 2.62. The highest BCUT2D eigenvalue weighted by atomic mass is 16.5. The topological polar surface area (TPSA) is 79.2 Å². The van der Waals surface area contributed by atoms with Gasteiger partial charge in [-0.15, -0.1) is 0 Å². The zero-order valence-electron chi connectivity index (χ0n) is 14.3. The molecule has 0 aliphatic heterocycles. The summed E-state index contributed by atoms with van der Waals surface area (Å²) in [5, 5.41) is 11.9. The molecule has 0 fully saturated rings. The third kappa shape index (κ3) is 5.00. The number of nitrogens with zero attached hydrogens (tertiary/aromatic N) is 1. The number of ketones is 1. The Labute approximate surface area is 147 Å². The fourth-order valence-electron chi connectivity index (χ4n) is 2.38. The minimum absolute atomic E-state index is 0.272. The van der Waals surface area contributed by atoms with E-state index in [0.29, 0.717) is 12.2 Å². The molecule has 0 saturated carbocycles. The van der Waals surface area contributed by atoms with Crippen LogP contribution >= 0.6 is 0 Å². The van der Waals surface area contributed by atoms with Crippen molar-refractivity contribution < 1.29 is 14.3 Å². The van der Waals surface area contributed by atoms with Crippen molar-refractivity contribution in [1.29, 1.82) is 5.26 Å². The highest BCUT2D eigenvalue weighted by Gasteiger charge is 2.27. The molecule has 2 aromatic carbocycles. The lowest BCUT2D eigenvalue weighted by Gasteiger charge is -2.11. The molecule has 0 bridgehead atoms. The van der Waals surface area contributed by atoms with Crippen LogP contribution in [0, 0.1) is 24.2 Å². The van der Waals surface area contributed by atoms with Crippen molar-refractivity contribution in [2.45, 2.75) is 20.1 Å². The molecular weight excluding hydrogens is 316 g/mol. The molecule has 1 N–H and O–H groups in total. The Morgan fingerprint density at radius 3 is 2.52 bits per heavy atom. The van der Waals surface area contributed by atoms with E-state index < -0.39 is 17.6 Å². The molecule has 0 aromatic heterocycles. The molecule has 1 atom stereocenters. The number of nitrogens with one attached hydrogen (secondary N) is 1. The molecule has 1 amide bonds. The monoisotopic (exact) mass is 336 g/mol. The van der Waals surface area contributed by atoms with Gasteiger partial charge in [-0.2, -0.15) is 5.26 Å². The number of carbonyl (C=O) groups excluding carboxylic acids is 2. The fourth-order valence-corrected chi connectivity index (χ4v) is 2.38. The number of benzene rings is 2. The maximum Gasteiger partial charge on any atom is 0.245 e. The number of Topliss-reactive ketones (excluding diaryl/α,β-unsaturated/α-hetero) is 1. The Morgan fingerprint density at radius 2 is 1.88 bits per heavy atom. The van der Waals surface area contributed by atoms with E-state index in [0.717, 1.165) is 16.7 Å². The first-order chi connectivity index (χ1) is 12.0. The van der Waals surface area contributed by atoms with Crippen LogP contribution in [0.2, 0.25) is 0 Å². The highest BCUT2D eigenvalue weighted by molar-refractivity contribution is 6.12. The molecule has 2 aromatic rings. The minimum Gasteiger partial charge on any atom is -0.380 e. The Morgan fingerprint density at radius 1 is 1.16 bits per heavy atom. The molecule has 0 heterocycles.